The molecule has 0 radical (unpaired) electrons. The van der Waals surface area contributed by atoms with Crippen LogP contribution >= 0.6 is 0 Å². The Balaban J connectivity index is 1.22. The molecule has 5 rings (SSSR count). The Bertz CT molecular complexity index is 1240. The lowest BCUT2D eigenvalue weighted by Gasteiger charge is -2.34. The molecule has 1 fully saturated rings. The Morgan fingerprint density at radius 2 is 1.78 bits per heavy atom. The number of carbonyl (C=O) groups excluding carboxylic acids is 1. The highest BCUT2D eigenvalue weighted by Gasteiger charge is 2.23. The summed E-state index contributed by atoms with van der Waals surface area (Å²) in [5.74, 6) is 1.90. The van der Waals surface area contributed by atoms with Crippen LogP contribution in [0.5, 0.6) is 5.75 Å². The summed E-state index contributed by atoms with van der Waals surface area (Å²) in [6, 6.07) is 21.5. The zero-order valence-electron chi connectivity index (χ0n) is 17.9. The summed E-state index contributed by atoms with van der Waals surface area (Å²) in [5.41, 5.74) is 1.59. The Labute approximate surface area is 186 Å². The lowest BCUT2D eigenvalue weighted by Crippen LogP contribution is -2.48. The summed E-state index contributed by atoms with van der Waals surface area (Å²) in [6.45, 7) is 3.42. The second-order valence-electron chi connectivity index (χ2n) is 7.84. The Hall–Kier alpha value is -3.71. The van der Waals surface area contributed by atoms with Gasteiger partial charge < -0.3 is 14.2 Å². The van der Waals surface area contributed by atoms with Gasteiger partial charge >= 0.3 is 0 Å². The third kappa shape index (κ3) is 4.07. The van der Waals surface area contributed by atoms with Gasteiger partial charge in [-0.1, -0.05) is 47.6 Å². The number of amides is 1. The van der Waals surface area contributed by atoms with Crippen LogP contribution < -0.4 is 4.74 Å². The van der Waals surface area contributed by atoms with Crippen molar-refractivity contribution < 1.29 is 14.1 Å². The second-order valence-corrected chi connectivity index (χ2v) is 7.84. The fraction of sp³-hybridized carbons (Fsp3) is 0.240. The molecule has 7 nitrogen and oxygen atoms in total. The molecule has 1 aliphatic heterocycles. The minimum absolute atomic E-state index is 0.0290. The standard InChI is InChI=1S/C25H24N4O3/c1-31-20-9-4-8-19(16-20)25(30)29-14-12-28(13-15-29)17-23-26-24(32-27-23)22-11-5-7-18-6-2-3-10-21(18)22/h2-11,16H,12-15,17H2,1H3. The quantitative estimate of drug-likeness (QED) is 0.481. The summed E-state index contributed by atoms with van der Waals surface area (Å²) in [5, 5.41) is 6.42. The predicted octanol–water partition coefficient (Wildman–Crippen LogP) is 3.86. The van der Waals surface area contributed by atoms with E-state index in [9.17, 15) is 4.79 Å². The summed E-state index contributed by atoms with van der Waals surface area (Å²) < 4.78 is 10.8. The molecule has 0 bridgehead atoms. The van der Waals surface area contributed by atoms with Crippen LogP contribution in [0.15, 0.2) is 71.3 Å². The van der Waals surface area contributed by atoms with Crippen molar-refractivity contribution in [3.63, 3.8) is 0 Å². The first-order chi connectivity index (χ1) is 15.7. The summed E-state index contributed by atoms with van der Waals surface area (Å²) in [4.78, 5) is 21.6. The van der Waals surface area contributed by atoms with Gasteiger partial charge in [-0.25, -0.2) is 0 Å². The van der Waals surface area contributed by atoms with Gasteiger partial charge in [0.1, 0.15) is 5.75 Å². The molecule has 2 heterocycles. The van der Waals surface area contributed by atoms with Crippen LogP contribution in [0, 0.1) is 0 Å². The van der Waals surface area contributed by atoms with Gasteiger partial charge in [0.05, 0.1) is 13.7 Å². The maximum absolute atomic E-state index is 12.8. The van der Waals surface area contributed by atoms with Gasteiger partial charge in [0, 0.05) is 37.3 Å². The van der Waals surface area contributed by atoms with E-state index in [1.807, 2.05) is 47.4 Å². The van der Waals surface area contributed by atoms with Crippen molar-refractivity contribution in [2.45, 2.75) is 6.54 Å². The van der Waals surface area contributed by atoms with E-state index in [4.69, 9.17) is 9.26 Å². The van der Waals surface area contributed by atoms with E-state index in [0.717, 1.165) is 29.4 Å². The molecule has 1 amide bonds. The van der Waals surface area contributed by atoms with Crippen molar-refractivity contribution in [3.05, 3.63) is 78.1 Å². The SMILES string of the molecule is COc1cccc(C(=O)N2CCN(Cc3noc(-c4cccc5ccccc45)n3)CC2)c1. The molecule has 1 saturated heterocycles. The van der Waals surface area contributed by atoms with E-state index in [-0.39, 0.29) is 5.91 Å². The maximum atomic E-state index is 12.8. The highest BCUT2D eigenvalue weighted by molar-refractivity contribution is 5.95. The van der Waals surface area contributed by atoms with Crippen molar-refractivity contribution in [1.29, 1.82) is 0 Å². The largest absolute Gasteiger partial charge is 0.497 e. The van der Waals surface area contributed by atoms with Crippen LogP contribution in [-0.4, -0.2) is 59.1 Å². The third-order valence-electron chi connectivity index (χ3n) is 5.83. The normalized spacial score (nSPS) is 14.6. The Morgan fingerprint density at radius 3 is 2.62 bits per heavy atom. The number of hydrogen-bond acceptors (Lipinski definition) is 6. The highest BCUT2D eigenvalue weighted by atomic mass is 16.5. The molecule has 0 saturated carbocycles. The van der Waals surface area contributed by atoms with E-state index in [1.165, 1.54) is 0 Å². The number of ether oxygens (including phenoxy) is 1. The van der Waals surface area contributed by atoms with E-state index >= 15 is 0 Å². The van der Waals surface area contributed by atoms with Crippen molar-refractivity contribution in [2.24, 2.45) is 0 Å². The van der Waals surface area contributed by atoms with Crippen molar-refractivity contribution in [2.75, 3.05) is 33.3 Å². The first-order valence-corrected chi connectivity index (χ1v) is 10.7. The van der Waals surface area contributed by atoms with Crippen LogP contribution in [0.1, 0.15) is 16.2 Å². The summed E-state index contributed by atoms with van der Waals surface area (Å²) >= 11 is 0. The first kappa shape index (κ1) is 20.2. The molecule has 1 aromatic heterocycles. The van der Waals surface area contributed by atoms with Crippen LogP contribution in [0.2, 0.25) is 0 Å². The minimum atomic E-state index is 0.0290. The topological polar surface area (TPSA) is 71.7 Å². The minimum Gasteiger partial charge on any atom is -0.497 e. The number of rotatable bonds is 5. The lowest BCUT2D eigenvalue weighted by molar-refractivity contribution is 0.0624. The Morgan fingerprint density at radius 1 is 1.00 bits per heavy atom. The van der Waals surface area contributed by atoms with Crippen LogP contribution in [0.25, 0.3) is 22.2 Å². The van der Waals surface area contributed by atoms with Crippen molar-refractivity contribution in [3.8, 4) is 17.2 Å². The molecule has 7 heteroatoms. The van der Waals surface area contributed by atoms with Crippen molar-refractivity contribution >= 4 is 16.7 Å². The van der Waals surface area contributed by atoms with Gasteiger partial charge in [0.2, 0.25) is 0 Å². The number of benzene rings is 3. The molecule has 0 unspecified atom stereocenters. The number of hydrogen-bond donors (Lipinski definition) is 0. The van der Waals surface area contributed by atoms with Crippen LogP contribution in [0.3, 0.4) is 0 Å². The molecule has 1 aliphatic rings. The number of carbonyl (C=O) groups is 1. The fourth-order valence-corrected chi connectivity index (χ4v) is 4.09. The van der Waals surface area contributed by atoms with Gasteiger partial charge in [-0.3, -0.25) is 9.69 Å². The zero-order chi connectivity index (χ0) is 21.9. The molecule has 162 valence electrons. The third-order valence-corrected chi connectivity index (χ3v) is 5.83. The summed E-state index contributed by atoms with van der Waals surface area (Å²) in [7, 11) is 1.60. The van der Waals surface area contributed by atoms with Gasteiger partial charge in [-0.05, 0) is 35.0 Å². The first-order valence-electron chi connectivity index (χ1n) is 10.7. The number of piperazine rings is 1. The summed E-state index contributed by atoms with van der Waals surface area (Å²) in [6.07, 6.45) is 0. The molecule has 0 aliphatic carbocycles. The number of aromatic nitrogens is 2. The zero-order valence-corrected chi connectivity index (χ0v) is 17.9. The van der Waals surface area contributed by atoms with Gasteiger partial charge in [-0.15, -0.1) is 0 Å². The van der Waals surface area contributed by atoms with E-state index in [2.05, 4.69) is 33.2 Å². The number of fused-ring (bicyclic) bond motifs is 1. The second kappa shape index (κ2) is 8.80. The highest BCUT2D eigenvalue weighted by Crippen LogP contribution is 2.27. The average molecular weight is 428 g/mol. The lowest BCUT2D eigenvalue weighted by atomic mass is 10.0. The van der Waals surface area contributed by atoms with Gasteiger partial charge in [0.15, 0.2) is 5.82 Å². The molecular weight excluding hydrogens is 404 g/mol. The molecule has 0 atom stereocenters. The average Bonchev–Trinajstić information content (AvgIpc) is 3.32. The molecule has 3 aromatic carbocycles. The fourth-order valence-electron chi connectivity index (χ4n) is 4.09. The Kier molecular flexibility index (Phi) is 5.56. The molecular formula is C25H24N4O3. The molecule has 0 N–H and O–H groups in total. The number of nitrogens with zero attached hydrogens (tertiary/aromatic N) is 4. The molecule has 4 aromatic rings. The monoisotopic (exact) mass is 428 g/mol. The maximum Gasteiger partial charge on any atom is 0.258 e. The molecule has 32 heavy (non-hydrogen) atoms. The number of methoxy groups -OCH3 is 1. The van der Waals surface area contributed by atoms with E-state index in [0.29, 0.717) is 42.7 Å². The molecule has 0 spiro atoms. The smallest absolute Gasteiger partial charge is 0.258 e. The predicted molar refractivity (Wildman–Crippen MR) is 121 cm³/mol. The van der Waals surface area contributed by atoms with Gasteiger partial charge in [-0.2, -0.15) is 4.98 Å². The van der Waals surface area contributed by atoms with Crippen molar-refractivity contribution in [1.82, 2.24) is 19.9 Å². The van der Waals surface area contributed by atoms with E-state index < -0.39 is 0 Å². The van der Waals surface area contributed by atoms with Crippen LogP contribution in [0.4, 0.5) is 0 Å². The van der Waals surface area contributed by atoms with E-state index in [1.54, 1.807) is 13.2 Å². The van der Waals surface area contributed by atoms with Crippen LogP contribution in [-0.2, 0) is 6.54 Å². The van der Waals surface area contributed by atoms with Gasteiger partial charge in [0.25, 0.3) is 11.8 Å².